The number of anilines is 1. The van der Waals surface area contributed by atoms with Crippen LogP contribution in [0.15, 0.2) is 30.6 Å². The van der Waals surface area contributed by atoms with Gasteiger partial charge in [-0.3, -0.25) is 9.78 Å². The van der Waals surface area contributed by atoms with E-state index in [1.807, 2.05) is 17.9 Å². The minimum Gasteiger partial charge on any atom is -0.381 e. The number of nitrogens with one attached hydrogen (secondary N) is 2. The van der Waals surface area contributed by atoms with Gasteiger partial charge in [-0.2, -0.15) is 10.2 Å². The first kappa shape index (κ1) is 13.7. The van der Waals surface area contributed by atoms with Gasteiger partial charge >= 0.3 is 0 Å². The summed E-state index contributed by atoms with van der Waals surface area (Å²) in [5, 5.41) is 16.2. The molecule has 0 atom stereocenters. The largest absolute Gasteiger partial charge is 0.381 e. The predicted molar refractivity (Wildman–Crippen MR) is 85.3 cm³/mol. The Bertz CT molecular complexity index is 760. The second kappa shape index (κ2) is 4.91. The summed E-state index contributed by atoms with van der Waals surface area (Å²) in [7, 11) is 1.97. The summed E-state index contributed by atoms with van der Waals surface area (Å²) in [5.41, 5.74) is 4.54. The normalized spacial score (nSPS) is 12.0. The molecule has 2 heterocycles. The third-order valence-electron chi connectivity index (χ3n) is 3.54. The minimum absolute atomic E-state index is 0.0472. The van der Waals surface area contributed by atoms with Crippen LogP contribution in [0.4, 0.5) is 5.69 Å². The maximum absolute atomic E-state index is 4.60. The minimum atomic E-state index is 0.0472. The van der Waals surface area contributed by atoms with Crippen molar-refractivity contribution in [2.75, 3.05) is 5.32 Å². The quantitative estimate of drug-likeness (QED) is 0.776. The zero-order valence-electron chi connectivity index (χ0n) is 12.9. The fourth-order valence-corrected chi connectivity index (χ4v) is 2.54. The monoisotopic (exact) mass is 283 g/mol. The smallest absolute Gasteiger partial charge is 0.0727 e. The van der Waals surface area contributed by atoms with Crippen molar-refractivity contribution in [3.63, 3.8) is 0 Å². The Labute approximate surface area is 124 Å². The van der Waals surface area contributed by atoms with E-state index in [1.165, 1.54) is 5.56 Å². The summed E-state index contributed by atoms with van der Waals surface area (Å²) in [6.07, 6.45) is 3.92. The number of hydrogen-bond acceptors (Lipinski definition) is 3. The lowest BCUT2D eigenvalue weighted by Gasteiger charge is -2.18. The zero-order valence-corrected chi connectivity index (χ0v) is 12.9. The molecule has 1 aromatic carbocycles. The Morgan fingerprint density at radius 1 is 1.29 bits per heavy atom. The van der Waals surface area contributed by atoms with Crippen molar-refractivity contribution in [1.82, 2.24) is 20.0 Å². The molecule has 0 saturated heterocycles. The molecule has 3 aromatic rings. The lowest BCUT2D eigenvalue weighted by atomic mass is 9.89. The van der Waals surface area contributed by atoms with Gasteiger partial charge in [-0.15, -0.1) is 0 Å². The van der Waals surface area contributed by atoms with E-state index in [0.717, 1.165) is 28.8 Å². The number of benzene rings is 1. The van der Waals surface area contributed by atoms with E-state index >= 15 is 0 Å². The Kier molecular flexibility index (Phi) is 3.20. The topological polar surface area (TPSA) is 58.5 Å². The molecule has 0 fully saturated rings. The highest BCUT2D eigenvalue weighted by Crippen LogP contribution is 2.25. The Balaban J connectivity index is 1.81. The van der Waals surface area contributed by atoms with Gasteiger partial charge in [0.05, 0.1) is 17.4 Å². The molecule has 0 bridgehead atoms. The van der Waals surface area contributed by atoms with E-state index in [9.17, 15) is 0 Å². The fraction of sp³-hybridized carbons (Fsp3) is 0.375. The molecular weight excluding hydrogens is 262 g/mol. The van der Waals surface area contributed by atoms with Gasteiger partial charge in [0.1, 0.15) is 0 Å². The SMILES string of the molecule is Cn1cc(CNc2ccc3cn[nH]c3c2)c(C(C)(C)C)n1. The van der Waals surface area contributed by atoms with Gasteiger partial charge in [0.2, 0.25) is 0 Å². The van der Waals surface area contributed by atoms with Crippen LogP contribution in [0.25, 0.3) is 10.9 Å². The molecule has 0 aliphatic rings. The third kappa shape index (κ3) is 2.77. The van der Waals surface area contributed by atoms with Crippen molar-refractivity contribution in [2.24, 2.45) is 7.05 Å². The molecule has 5 heteroatoms. The van der Waals surface area contributed by atoms with Crippen molar-refractivity contribution < 1.29 is 0 Å². The molecule has 2 aromatic heterocycles. The van der Waals surface area contributed by atoms with Gasteiger partial charge in [0.25, 0.3) is 0 Å². The molecule has 110 valence electrons. The number of fused-ring (bicyclic) bond motifs is 1. The van der Waals surface area contributed by atoms with Crippen molar-refractivity contribution in [3.8, 4) is 0 Å². The number of aromatic nitrogens is 4. The highest BCUT2D eigenvalue weighted by Gasteiger charge is 2.21. The molecular formula is C16H21N5. The highest BCUT2D eigenvalue weighted by atomic mass is 15.3. The Hall–Kier alpha value is -2.30. The molecule has 5 nitrogen and oxygen atoms in total. The van der Waals surface area contributed by atoms with Crippen LogP contribution < -0.4 is 5.32 Å². The van der Waals surface area contributed by atoms with E-state index < -0.39 is 0 Å². The van der Waals surface area contributed by atoms with Crippen LogP contribution in [-0.2, 0) is 19.0 Å². The molecule has 0 aliphatic carbocycles. The number of aromatic amines is 1. The van der Waals surface area contributed by atoms with Crippen LogP contribution in [-0.4, -0.2) is 20.0 Å². The number of nitrogens with zero attached hydrogens (tertiary/aromatic N) is 3. The average Bonchev–Trinajstić information content (AvgIpc) is 3.01. The molecule has 0 amide bonds. The summed E-state index contributed by atoms with van der Waals surface area (Å²) in [4.78, 5) is 0. The number of rotatable bonds is 3. The van der Waals surface area contributed by atoms with E-state index in [4.69, 9.17) is 0 Å². The van der Waals surface area contributed by atoms with Gasteiger partial charge in [0, 0.05) is 41.8 Å². The van der Waals surface area contributed by atoms with Crippen LogP contribution in [0.1, 0.15) is 32.0 Å². The Morgan fingerprint density at radius 2 is 2.10 bits per heavy atom. The first-order valence-corrected chi connectivity index (χ1v) is 7.13. The average molecular weight is 283 g/mol. The second-order valence-electron chi connectivity index (χ2n) is 6.45. The number of hydrogen-bond donors (Lipinski definition) is 2. The van der Waals surface area contributed by atoms with Gasteiger partial charge < -0.3 is 5.32 Å². The van der Waals surface area contributed by atoms with Crippen molar-refractivity contribution in [2.45, 2.75) is 32.7 Å². The molecule has 0 aliphatic heterocycles. The molecule has 0 spiro atoms. The first-order valence-electron chi connectivity index (χ1n) is 7.13. The number of aryl methyl sites for hydroxylation is 1. The number of H-pyrrole nitrogens is 1. The summed E-state index contributed by atoms with van der Waals surface area (Å²) >= 11 is 0. The molecule has 21 heavy (non-hydrogen) atoms. The second-order valence-corrected chi connectivity index (χ2v) is 6.45. The van der Waals surface area contributed by atoms with Crippen LogP contribution in [0.3, 0.4) is 0 Å². The predicted octanol–water partition coefficient (Wildman–Crippen LogP) is 3.21. The highest BCUT2D eigenvalue weighted by molar-refractivity contribution is 5.81. The lowest BCUT2D eigenvalue weighted by molar-refractivity contribution is 0.549. The molecule has 0 unspecified atom stereocenters. The first-order chi connectivity index (χ1) is 9.93. The van der Waals surface area contributed by atoms with E-state index in [0.29, 0.717) is 0 Å². The van der Waals surface area contributed by atoms with Crippen molar-refractivity contribution in [3.05, 3.63) is 41.9 Å². The summed E-state index contributed by atoms with van der Waals surface area (Å²) in [6, 6.07) is 6.22. The molecule has 3 rings (SSSR count). The van der Waals surface area contributed by atoms with E-state index in [2.05, 4.69) is 65.8 Å². The maximum atomic E-state index is 4.60. The van der Waals surface area contributed by atoms with Crippen LogP contribution in [0, 0.1) is 0 Å². The lowest BCUT2D eigenvalue weighted by Crippen LogP contribution is -2.16. The van der Waals surface area contributed by atoms with Crippen LogP contribution in [0.5, 0.6) is 0 Å². The van der Waals surface area contributed by atoms with Crippen LogP contribution >= 0.6 is 0 Å². The maximum Gasteiger partial charge on any atom is 0.0727 e. The Morgan fingerprint density at radius 3 is 2.86 bits per heavy atom. The summed E-state index contributed by atoms with van der Waals surface area (Å²) in [6.45, 7) is 7.33. The molecule has 2 N–H and O–H groups in total. The van der Waals surface area contributed by atoms with Crippen LogP contribution in [0.2, 0.25) is 0 Å². The van der Waals surface area contributed by atoms with Gasteiger partial charge in [-0.25, -0.2) is 0 Å². The van der Waals surface area contributed by atoms with Gasteiger partial charge in [-0.05, 0) is 18.2 Å². The van der Waals surface area contributed by atoms with E-state index in [-0.39, 0.29) is 5.41 Å². The van der Waals surface area contributed by atoms with Gasteiger partial charge in [-0.1, -0.05) is 20.8 Å². The van der Waals surface area contributed by atoms with Gasteiger partial charge in [0.15, 0.2) is 0 Å². The van der Waals surface area contributed by atoms with Crippen molar-refractivity contribution in [1.29, 1.82) is 0 Å². The van der Waals surface area contributed by atoms with Crippen molar-refractivity contribution >= 4 is 16.6 Å². The van der Waals surface area contributed by atoms with E-state index in [1.54, 1.807) is 0 Å². The standard InChI is InChI=1S/C16H21N5/c1-16(2,3)15-12(10-21(4)20-15)8-17-13-6-5-11-9-18-19-14(11)7-13/h5-7,9-10,17H,8H2,1-4H3,(H,18,19). The molecule has 0 saturated carbocycles. The third-order valence-corrected chi connectivity index (χ3v) is 3.54. The summed E-state index contributed by atoms with van der Waals surface area (Å²) < 4.78 is 1.88. The summed E-state index contributed by atoms with van der Waals surface area (Å²) in [5.74, 6) is 0. The molecule has 0 radical (unpaired) electrons. The zero-order chi connectivity index (χ0) is 15.0. The fourth-order valence-electron chi connectivity index (χ4n) is 2.54.